The smallest absolute Gasteiger partial charge is 0.297 e. The molecule has 1 aliphatic rings. The van der Waals surface area contributed by atoms with Crippen LogP contribution in [-0.4, -0.2) is 40.8 Å². The monoisotopic (exact) mass is 456 g/mol. The first-order chi connectivity index (χ1) is 14.3. The van der Waals surface area contributed by atoms with Crippen LogP contribution >= 0.6 is 23.2 Å². The third kappa shape index (κ3) is 5.40. The summed E-state index contributed by atoms with van der Waals surface area (Å²) >= 11 is 12.9. The normalized spacial score (nSPS) is 20.3. The summed E-state index contributed by atoms with van der Waals surface area (Å²) in [6.45, 7) is 6.70. The molecule has 3 rings (SSSR count). The number of rotatable bonds is 9. The highest BCUT2D eigenvalue weighted by molar-refractivity contribution is 6.40. The van der Waals surface area contributed by atoms with Crippen LogP contribution in [-0.2, 0) is 16.6 Å². The summed E-state index contributed by atoms with van der Waals surface area (Å²) in [6, 6.07) is 2.20. The van der Waals surface area contributed by atoms with Crippen molar-refractivity contribution in [3.8, 4) is 11.8 Å². The van der Waals surface area contributed by atoms with Crippen molar-refractivity contribution < 1.29 is 19.0 Å². The van der Waals surface area contributed by atoms with Gasteiger partial charge in [0, 0.05) is 26.1 Å². The highest BCUT2D eigenvalue weighted by atomic mass is 35.5. The fourth-order valence-corrected chi connectivity index (χ4v) is 4.50. The Hall–Kier alpha value is -1.50. The van der Waals surface area contributed by atoms with E-state index in [2.05, 4.69) is 11.9 Å². The second-order valence-electron chi connectivity index (χ2n) is 8.12. The minimum Gasteiger partial charge on any atom is -0.492 e. The molecule has 1 atom stereocenters. The molecule has 1 aromatic carbocycles. The number of halogens is 2. The van der Waals surface area contributed by atoms with Crippen molar-refractivity contribution in [2.24, 2.45) is 13.0 Å². The van der Waals surface area contributed by atoms with Crippen molar-refractivity contribution in [1.82, 2.24) is 9.55 Å². The van der Waals surface area contributed by atoms with Crippen LogP contribution < -0.4 is 9.47 Å². The lowest BCUT2D eigenvalue weighted by molar-refractivity contribution is -0.118. The predicted octanol–water partition coefficient (Wildman–Crippen LogP) is 5.60. The van der Waals surface area contributed by atoms with Crippen LogP contribution in [0.15, 0.2) is 6.07 Å². The molecule has 30 heavy (non-hydrogen) atoms. The van der Waals surface area contributed by atoms with Crippen molar-refractivity contribution in [3.05, 3.63) is 16.1 Å². The minimum absolute atomic E-state index is 0.0684. The molecule has 6 nitrogen and oxygen atoms in total. The van der Waals surface area contributed by atoms with Gasteiger partial charge in [-0.15, -0.1) is 0 Å². The Labute approximate surface area is 187 Å². The zero-order valence-corrected chi connectivity index (χ0v) is 19.6. The first kappa shape index (κ1) is 23.2. The summed E-state index contributed by atoms with van der Waals surface area (Å²) in [5, 5.41) is 0.970. The molecule has 1 heterocycles. The molecule has 0 N–H and O–H groups in total. The van der Waals surface area contributed by atoms with Gasteiger partial charge < -0.3 is 19.0 Å². The second kappa shape index (κ2) is 10.2. The molecule has 2 aromatic rings. The maximum absolute atomic E-state index is 11.2. The number of Topliss-reactive ketones (excluding diaryl/α,β-unsaturated/α-hetero) is 1. The molecular formula is C22H30Cl2N2O4. The highest BCUT2D eigenvalue weighted by Gasteiger charge is 2.26. The van der Waals surface area contributed by atoms with E-state index in [-0.39, 0.29) is 23.9 Å². The Balaban J connectivity index is 1.61. The standard InChI is InChI=1S/C22H30Cl2N2O4/c1-5-28-18-11-17(23)20-21(19(18)24)26(4)22(25-20)30-16-8-6-15(7-9-16)29-12-13(2)10-14(3)27/h11,13,15-16H,5-10,12H2,1-4H3/t13-,15?,16?/m1/s1. The molecule has 0 aliphatic heterocycles. The van der Waals surface area contributed by atoms with Crippen molar-refractivity contribution in [1.29, 1.82) is 0 Å². The zero-order valence-electron chi connectivity index (χ0n) is 18.0. The van der Waals surface area contributed by atoms with E-state index in [0.717, 1.165) is 25.7 Å². The number of carbonyl (C=O) groups excluding carboxylic acids is 1. The first-order valence-corrected chi connectivity index (χ1v) is 11.3. The molecule has 8 heteroatoms. The van der Waals surface area contributed by atoms with Gasteiger partial charge in [0.1, 0.15) is 28.2 Å². The Morgan fingerprint density at radius 1 is 1.27 bits per heavy atom. The number of benzene rings is 1. The lowest BCUT2D eigenvalue weighted by Gasteiger charge is -2.29. The maximum atomic E-state index is 11.2. The maximum Gasteiger partial charge on any atom is 0.297 e. The van der Waals surface area contributed by atoms with Gasteiger partial charge in [-0.2, -0.15) is 4.98 Å². The van der Waals surface area contributed by atoms with Crippen molar-refractivity contribution in [3.63, 3.8) is 0 Å². The Morgan fingerprint density at radius 2 is 1.93 bits per heavy atom. The Morgan fingerprint density at radius 3 is 2.57 bits per heavy atom. The van der Waals surface area contributed by atoms with E-state index in [9.17, 15) is 4.79 Å². The van der Waals surface area contributed by atoms with Crippen LogP contribution in [0, 0.1) is 5.92 Å². The summed E-state index contributed by atoms with van der Waals surface area (Å²) < 4.78 is 19.6. The molecular weight excluding hydrogens is 427 g/mol. The molecule has 0 unspecified atom stereocenters. The molecule has 1 aliphatic carbocycles. The number of hydrogen-bond donors (Lipinski definition) is 0. The number of aromatic nitrogens is 2. The van der Waals surface area contributed by atoms with Crippen LogP contribution in [0.1, 0.15) is 52.9 Å². The third-order valence-corrected chi connectivity index (χ3v) is 6.06. The molecule has 1 aromatic heterocycles. The van der Waals surface area contributed by atoms with Crippen LogP contribution in [0.2, 0.25) is 10.0 Å². The average molecular weight is 457 g/mol. The summed E-state index contributed by atoms with van der Waals surface area (Å²) in [4.78, 5) is 15.8. The van der Waals surface area contributed by atoms with Crippen LogP contribution in [0.3, 0.4) is 0 Å². The fraction of sp³-hybridized carbons (Fsp3) is 0.636. The van der Waals surface area contributed by atoms with Crippen LogP contribution in [0.5, 0.6) is 11.8 Å². The molecule has 1 saturated carbocycles. The fourth-order valence-electron chi connectivity index (χ4n) is 3.94. The number of carbonyl (C=O) groups is 1. The molecule has 1 fully saturated rings. The quantitative estimate of drug-likeness (QED) is 0.491. The SMILES string of the molecule is CCOc1cc(Cl)c2nc(OC3CCC(OC[C@H](C)CC(C)=O)CC3)n(C)c2c1Cl. The topological polar surface area (TPSA) is 62.6 Å². The number of fused-ring (bicyclic) bond motifs is 1. The van der Waals surface area contributed by atoms with Gasteiger partial charge in [0.2, 0.25) is 0 Å². The summed E-state index contributed by atoms with van der Waals surface area (Å²) in [7, 11) is 1.87. The van der Waals surface area contributed by atoms with Crippen LogP contribution in [0.4, 0.5) is 0 Å². The largest absolute Gasteiger partial charge is 0.492 e. The van der Waals surface area contributed by atoms with Gasteiger partial charge in [0.05, 0.1) is 23.3 Å². The van der Waals surface area contributed by atoms with Crippen molar-refractivity contribution in [2.75, 3.05) is 13.2 Å². The van der Waals surface area contributed by atoms with E-state index in [0.29, 0.717) is 52.5 Å². The van der Waals surface area contributed by atoms with Gasteiger partial charge in [0.25, 0.3) is 6.01 Å². The molecule has 0 bridgehead atoms. The van der Waals surface area contributed by atoms with Gasteiger partial charge >= 0.3 is 0 Å². The van der Waals surface area contributed by atoms with Gasteiger partial charge in [-0.05, 0) is 45.4 Å². The number of ketones is 1. The highest BCUT2D eigenvalue weighted by Crippen LogP contribution is 2.39. The molecule has 166 valence electrons. The lowest BCUT2D eigenvalue weighted by Crippen LogP contribution is -2.30. The zero-order chi connectivity index (χ0) is 21.8. The predicted molar refractivity (Wildman–Crippen MR) is 119 cm³/mol. The Bertz CT molecular complexity index is 891. The number of aryl methyl sites for hydroxylation is 1. The third-order valence-electron chi connectivity index (χ3n) is 5.41. The van der Waals surface area contributed by atoms with E-state index in [1.54, 1.807) is 13.0 Å². The second-order valence-corrected chi connectivity index (χ2v) is 8.90. The van der Waals surface area contributed by atoms with Crippen LogP contribution in [0.25, 0.3) is 11.0 Å². The van der Waals surface area contributed by atoms with Gasteiger partial charge in [-0.25, -0.2) is 0 Å². The molecule has 0 radical (unpaired) electrons. The van der Waals surface area contributed by atoms with Gasteiger partial charge in [-0.3, -0.25) is 4.57 Å². The number of imidazole rings is 1. The van der Waals surface area contributed by atoms with E-state index in [1.807, 2.05) is 18.5 Å². The van der Waals surface area contributed by atoms with Gasteiger partial charge in [-0.1, -0.05) is 30.1 Å². The first-order valence-electron chi connectivity index (χ1n) is 10.5. The minimum atomic E-state index is 0.0684. The van der Waals surface area contributed by atoms with Crippen molar-refractivity contribution in [2.45, 2.75) is 65.1 Å². The number of nitrogens with zero attached hydrogens (tertiary/aromatic N) is 2. The number of ether oxygens (including phenoxy) is 3. The van der Waals surface area contributed by atoms with E-state index < -0.39 is 0 Å². The van der Waals surface area contributed by atoms with E-state index in [4.69, 9.17) is 37.4 Å². The number of hydrogen-bond acceptors (Lipinski definition) is 5. The molecule has 0 spiro atoms. The molecule has 0 amide bonds. The van der Waals surface area contributed by atoms with E-state index >= 15 is 0 Å². The molecule has 0 saturated heterocycles. The van der Waals surface area contributed by atoms with Gasteiger partial charge in [0.15, 0.2) is 0 Å². The summed E-state index contributed by atoms with van der Waals surface area (Å²) in [5.41, 5.74) is 1.32. The Kier molecular flexibility index (Phi) is 7.88. The summed E-state index contributed by atoms with van der Waals surface area (Å²) in [5.74, 6) is 1.01. The summed E-state index contributed by atoms with van der Waals surface area (Å²) in [6.07, 6.45) is 4.49. The van der Waals surface area contributed by atoms with Crippen molar-refractivity contribution >= 4 is 40.0 Å². The lowest BCUT2D eigenvalue weighted by atomic mass is 9.95. The van der Waals surface area contributed by atoms with E-state index in [1.165, 1.54) is 0 Å². The average Bonchev–Trinajstić information content (AvgIpc) is 3.02.